The number of carbonyl (C=O) groups excluding carboxylic acids is 2. The van der Waals surface area contributed by atoms with Gasteiger partial charge in [-0.25, -0.2) is 4.68 Å². The molecule has 1 heterocycles. The van der Waals surface area contributed by atoms with E-state index < -0.39 is 5.91 Å². The lowest BCUT2D eigenvalue weighted by Crippen LogP contribution is -2.33. The Hall–Kier alpha value is -4.59. The molecule has 0 fully saturated rings. The Kier molecular flexibility index (Phi) is 7.42. The number of aromatic nitrogens is 2. The van der Waals surface area contributed by atoms with Crippen LogP contribution in [0.3, 0.4) is 0 Å². The minimum absolute atomic E-state index is 0.194. The van der Waals surface area contributed by atoms with Crippen molar-refractivity contribution < 1.29 is 19.1 Å². The van der Waals surface area contributed by atoms with Crippen molar-refractivity contribution in [3.63, 3.8) is 0 Å². The van der Waals surface area contributed by atoms with Crippen LogP contribution in [0.4, 0.5) is 5.69 Å². The molecule has 0 aliphatic rings. The SMILES string of the molecule is CCOc1ccc(NC(=O)CNC(=O)c2cn(-c3ccccc3)nc2-c2cccc(OC)c2)cc1. The van der Waals surface area contributed by atoms with Gasteiger partial charge in [0.1, 0.15) is 17.2 Å². The number of benzene rings is 3. The van der Waals surface area contributed by atoms with Gasteiger partial charge in [0, 0.05) is 17.4 Å². The van der Waals surface area contributed by atoms with E-state index in [1.165, 1.54) is 0 Å². The van der Waals surface area contributed by atoms with Crippen molar-refractivity contribution >= 4 is 17.5 Å². The quantitative estimate of drug-likeness (QED) is 0.380. The van der Waals surface area contributed by atoms with E-state index in [0.717, 1.165) is 17.0 Å². The topological polar surface area (TPSA) is 94.5 Å². The minimum atomic E-state index is -0.410. The van der Waals surface area contributed by atoms with Crippen LogP contribution in [-0.4, -0.2) is 41.9 Å². The average molecular weight is 471 g/mol. The number of amides is 2. The maximum absolute atomic E-state index is 13.1. The van der Waals surface area contributed by atoms with Gasteiger partial charge in [0.2, 0.25) is 5.91 Å². The van der Waals surface area contributed by atoms with Crippen LogP contribution < -0.4 is 20.1 Å². The lowest BCUT2D eigenvalue weighted by atomic mass is 10.1. The van der Waals surface area contributed by atoms with E-state index in [-0.39, 0.29) is 12.5 Å². The zero-order valence-electron chi connectivity index (χ0n) is 19.5. The first-order chi connectivity index (χ1) is 17.1. The number of ether oxygens (including phenoxy) is 2. The van der Waals surface area contributed by atoms with Gasteiger partial charge in [-0.1, -0.05) is 30.3 Å². The van der Waals surface area contributed by atoms with Crippen LogP contribution in [0.25, 0.3) is 16.9 Å². The molecule has 2 N–H and O–H groups in total. The predicted molar refractivity (Wildman–Crippen MR) is 134 cm³/mol. The van der Waals surface area contributed by atoms with Crippen LogP contribution in [0.15, 0.2) is 85.1 Å². The van der Waals surface area contributed by atoms with Crippen LogP contribution in [0.1, 0.15) is 17.3 Å². The van der Waals surface area contributed by atoms with Crippen molar-refractivity contribution in [2.24, 2.45) is 0 Å². The largest absolute Gasteiger partial charge is 0.497 e. The van der Waals surface area contributed by atoms with Gasteiger partial charge < -0.3 is 20.1 Å². The van der Waals surface area contributed by atoms with Crippen LogP contribution in [0.2, 0.25) is 0 Å². The highest BCUT2D eigenvalue weighted by Crippen LogP contribution is 2.27. The molecule has 4 rings (SSSR count). The summed E-state index contributed by atoms with van der Waals surface area (Å²) in [6.45, 7) is 2.28. The molecule has 178 valence electrons. The standard InChI is InChI=1S/C27H26N4O4/c1-3-35-22-14-12-20(13-15-22)29-25(32)17-28-27(33)24-18-31(21-9-5-4-6-10-21)30-26(24)19-8-7-11-23(16-19)34-2/h4-16,18H,3,17H2,1-2H3,(H,28,33)(H,29,32). The zero-order valence-corrected chi connectivity index (χ0v) is 19.5. The number of hydrogen-bond acceptors (Lipinski definition) is 5. The third-order valence-corrected chi connectivity index (χ3v) is 5.18. The van der Waals surface area contributed by atoms with E-state index in [2.05, 4.69) is 15.7 Å². The molecule has 8 nitrogen and oxygen atoms in total. The van der Waals surface area contributed by atoms with Crippen LogP contribution in [-0.2, 0) is 4.79 Å². The van der Waals surface area contributed by atoms with E-state index in [1.807, 2.05) is 61.5 Å². The zero-order chi connectivity index (χ0) is 24.6. The highest BCUT2D eigenvalue weighted by atomic mass is 16.5. The second-order valence-electron chi connectivity index (χ2n) is 7.59. The smallest absolute Gasteiger partial charge is 0.255 e. The van der Waals surface area contributed by atoms with Crippen molar-refractivity contribution in [1.29, 1.82) is 0 Å². The summed E-state index contributed by atoms with van der Waals surface area (Å²) in [6, 6.07) is 23.9. The molecule has 1 aromatic heterocycles. The van der Waals surface area contributed by atoms with Gasteiger partial charge in [-0.15, -0.1) is 0 Å². The Bertz CT molecular complexity index is 1300. The highest BCUT2D eigenvalue weighted by Gasteiger charge is 2.20. The van der Waals surface area contributed by atoms with E-state index in [9.17, 15) is 9.59 Å². The van der Waals surface area contributed by atoms with Gasteiger partial charge in [-0.2, -0.15) is 5.10 Å². The molecule has 3 aromatic carbocycles. The second-order valence-corrected chi connectivity index (χ2v) is 7.59. The summed E-state index contributed by atoms with van der Waals surface area (Å²) in [6.07, 6.45) is 1.66. The lowest BCUT2D eigenvalue weighted by molar-refractivity contribution is -0.115. The Morgan fingerprint density at radius 2 is 1.71 bits per heavy atom. The van der Waals surface area contributed by atoms with Crippen molar-refractivity contribution in [1.82, 2.24) is 15.1 Å². The van der Waals surface area contributed by atoms with Gasteiger partial charge in [-0.05, 0) is 55.5 Å². The molecule has 0 saturated carbocycles. The number of anilines is 1. The van der Waals surface area contributed by atoms with Crippen molar-refractivity contribution in [3.05, 3.63) is 90.6 Å². The molecule has 0 aliphatic carbocycles. The molecule has 0 unspecified atom stereocenters. The number of nitrogens with one attached hydrogen (secondary N) is 2. The average Bonchev–Trinajstić information content (AvgIpc) is 3.35. The summed E-state index contributed by atoms with van der Waals surface area (Å²) in [4.78, 5) is 25.5. The molecule has 4 aromatic rings. The van der Waals surface area contributed by atoms with Crippen LogP contribution >= 0.6 is 0 Å². The number of hydrogen-bond donors (Lipinski definition) is 2. The summed E-state index contributed by atoms with van der Waals surface area (Å²) in [5, 5.41) is 10.1. The summed E-state index contributed by atoms with van der Waals surface area (Å²) in [5.41, 5.74) is 2.97. The Labute approximate surface area is 203 Å². The highest BCUT2D eigenvalue weighted by molar-refractivity contribution is 6.02. The first kappa shape index (κ1) is 23.6. The fraction of sp³-hybridized carbons (Fsp3) is 0.148. The molecule has 0 atom stereocenters. The number of methoxy groups -OCH3 is 1. The fourth-order valence-corrected chi connectivity index (χ4v) is 3.50. The molecule has 0 bridgehead atoms. The first-order valence-corrected chi connectivity index (χ1v) is 11.2. The third kappa shape index (κ3) is 5.86. The van der Waals surface area contributed by atoms with Gasteiger partial charge in [0.25, 0.3) is 5.91 Å². The van der Waals surface area contributed by atoms with Crippen LogP contribution in [0, 0.1) is 0 Å². The molecule has 0 radical (unpaired) electrons. The van der Waals surface area contributed by atoms with Crippen molar-refractivity contribution in [3.8, 4) is 28.4 Å². The fourth-order valence-electron chi connectivity index (χ4n) is 3.50. The van der Waals surface area contributed by atoms with Crippen molar-refractivity contribution in [2.45, 2.75) is 6.92 Å². The summed E-state index contributed by atoms with van der Waals surface area (Å²) >= 11 is 0. The third-order valence-electron chi connectivity index (χ3n) is 5.18. The van der Waals surface area contributed by atoms with Gasteiger partial charge in [0.05, 0.1) is 31.5 Å². The first-order valence-electron chi connectivity index (χ1n) is 11.2. The predicted octanol–water partition coefficient (Wildman–Crippen LogP) is 4.32. The number of para-hydroxylation sites is 1. The Morgan fingerprint density at radius 1 is 0.943 bits per heavy atom. The summed E-state index contributed by atoms with van der Waals surface area (Å²) in [7, 11) is 1.58. The Balaban J connectivity index is 1.51. The molecule has 0 spiro atoms. The molecule has 0 aliphatic heterocycles. The van der Waals surface area contributed by atoms with E-state index >= 15 is 0 Å². The van der Waals surface area contributed by atoms with E-state index in [4.69, 9.17) is 9.47 Å². The molecular formula is C27H26N4O4. The second kappa shape index (κ2) is 11.0. The molecule has 8 heteroatoms. The summed E-state index contributed by atoms with van der Waals surface area (Å²) < 4.78 is 12.4. The maximum atomic E-state index is 13.1. The van der Waals surface area contributed by atoms with Gasteiger partial charge in [0.15, 0.2) is 0 Å². The maximum Gasteiger partial charge on any atom is 0.255 e. The molecule has 35 heavy (non-hydrogen) atoms. The Morgan fingerprint density at radius 3 is 2.43 bits per heavy atom. The van der Waals surface area contributed by atoms with E-state index in [1.54, 1.807) is 42.3 Å². The molecule has 0 saturated heterocycles. The number of rotatable bonds is 9. The monoisotopic (exact) mass is 470 g/mol. The van der Waals surface area contributed by atoms with Gasteiger partial charge >= 0.3 is 0 Å². The summed E-state index contributed by atoms with van der Waals surface area (Å²) in [5.74, 6) is 0.616. The lowest BCUT2D eigenvalue weighted by Gasteiger charge is -2.08. The van der Waals surface area contributed by atoms with Gasteiger partial charge in [-0.3, -0.25) is 9.59 Å². The normalized spacial score (nSPS) is 10.5. The van der Waals surface area contributed by atoms with Crippen LogP contribution in [0.5, 0.6) is 11.5 Å². The van der Waals surface area contributed by atoms with E-state index in [0.29, 0.717) is 29.3 Å². The molecule has 2 amide bonds. The number of carbonyl (C=O) groups is 2. The minimum Gasteiger partial charge on any atom is -0.497 e. The van der Waals surface area contributed by atoms with Crippen molar-refractivity contribution in [2.75, 3.05) is 25.6 Å². The number of nitrogens with zero attached hydrogens (tertiary/aromatic N) is 2. The molecular weight excluding hydrogens is 444 g/mol.